The zero-order valence-corrected chi connectivity index (χ0v) is 14.8. The number of thiocarbonyl (C=S) groups is 1. The van der Waals surface area contributed by atoms with Gasteiger partial charge in [-0.15, -0.1) is 0 Å². The number of nitrogens with one attached hydrogen (secondary N) is 2. The monoisotopic (exact) mass is 357 g/mol. The minimum Gasteiger partial charge on any atom is -0.489 e. The summed E-state index contributed by atoms with van der Waals surface area (Å²) in [4.78, 5) is 11.4. The first kappa shape index (κ1) is 18.4. The van der Waals surface area contributed by atoms with Crippen LogP contribution in [0.4, 0.5) is 0 Å². The maximum absolute atomic E-state index is 11.4. The van der Waals surface area contributed by atoms with E-state index in [-0.39, 0.29) is 5.97 Å². The van der Waals surface area contributed by atoms with Crippen LogP contribution in [0.15, 0.2) is 53.6 Å². The van der Waals surface area contributed by atoms with Gasteiger partial charge in [-0.05, 0) is 59.7 Å². The zero-order valence-electron chi connectivity index (χ0n) is 14.0. The fourth-order valence-electron chi connectivity index (χ4n) is 1.89. The average Bonchev–Trinajstić information content (AvgIpc) is 2.67. The van der Waals surface area contributed by atoms with Gasteiger partial charge in [0, 0.05) is 7.05 Å². The number of ether oxygens (including phenoxy) is 2. The molecule has 0 aliphatic rings. The van der Waals surface area contributed by atoms with E-state index in [1.807, 2.05) is 36.4 Å². The van der Waals surface area contributed by atoms with E-state index in [0.717, 1.165) is 16.9 Å². The van der Waals surface area contributed by atoms with Gasteiger partial charge < -0.3 is 14.8 Å². The molecule has 2 N–H and O–H groups in total. The van der Waals surface area contributed by atoms with Crippen molar-refractivity contribution < 1.29 is 14.3 Å². The quantitative estimate of drug-likeness (QED) is 0.358. The van der Waals surface area contributed by atoms with Gasteiger partial charge >= 0.3 is 5.97 Å². The highest BCUT2D eigenvalue weighted by atomic mass is 32.1. The SMILES string of the molecule is CNC(=S)NN=Cc1ccc(OCc2ccc(C(=O)OC)cc2)cc1. The van der Waals surface area contributed by atoms with Gasteiger partial charge in [-0.25, -0.2) is 4.79 Å². The molecule has 6 nitrogen and oxygen atoms in total. The molecule has 2 aromatic carbocycles. The lowest BCUT2D eigenvalue weighted by atomic mass is 10.1. The highest BCUT2D eigenvalue weighted by molar-refractivity contribution is 7.80. The van der Waals surface area contributed by atoms with Gasteiger partial charge in [0.1, 0.15) is 12.4 Å². The third-order valence-electron chi connectivity index (χ3n) is 3.27. The molecule has 2 aromatic rings. The Bertz CT molecular complexity index is 743. The molecule has 130 valence electrons. The van der Waals surface area contributed by atoms with E-state index in [0.29, 0.717) is 17.3 Å². The van der Waals surface area contributed by atoms with Crippen LogP contribution in [0.2, 0.25) is 0 Å². The van der Waals surface area contributed by atoms with Crippen molar-refractivity contribution in [1.82, 2.24) is 10.7 Å². The van der Waals surface area contributed by atoms with E-state index in [4.69, 9.17) is 17.0 Å². The molecule has 0 heterocycles. The second-order valence-electron chi connectivity index (χ2n) is 5.00. The lowest BCUT2D eigenvalue weighted by Gasteiger charge is -2.07. The van der Waals surface area contributed by atoms with E-state index in [1.54, 1.807) is 25.4 Å². The van der Waals surface area contributed by atoms with Gasteiger partial charge in [0.25, 0.3) is 0 Å². The molecule has 0 radical (unpaired) electrons. The van der Waals surface area contributed by atoms with Gasteiger partial charge in [-0.2, -0.15) is 5.10 Å². The van der Waals surface area contributed by atoms with E-state index in [9.17, 15) is 4.79 Å². The number of methoxy groups -OCH3 is 1. The van der Waals surface area contributed by atoms with E-state index in [2.05, 4.69) is 20.6 Å². The molecule has 0 aliphatic heterocycles. The van der Waals surface area contributed by atoms with Crippen LogP contribution in [-0.4, -0.2) is 31.5 Å². The largest absolute Gasteiger partial charge is 0.489 e. The minimum absolute atomic E-state index is 0.352. The van der Waals surface area contributed by atoms with Crippen molar-refractivity contribution >= 4 is 29.5 Å². The summed E-state index contributed by atoms with van der Waals surface area (Å²) in [7, 11) is 3.08. The van der Waals surface area contributed by atoms with E-state index in [1.165, 1.54) is 7.11 Å². The number of rotatable bonds is 6. The number of hydrogen-bond donors (Lipinski definition) is 2. The normalized spacial score (nSPS) is 10.3. The molecular weight excluding hydrogens is 338 g/mol. The number of benzene rings is 2. The molecule has 25 heavy (non-hydrogen) atoms. The standard InChI is InChI=1S/C18H19N3O3S/c1-19-18(25)21-20-11-13-5-9-16(10-6-13)24-12-14-3-7-15(8-4-14)17(22)23-2/h3-11H,12H2,1-2H3,(H2,19,21,25). The lowest BCUT2D eigenvalue weighted by Crippen LogP contribution is -2.28. The maximum Gasteiger partial charge on any atom is 0.337 e. The number of hydrazone groups is 1. The van der Waals surface area contributed by atoms with Crippen molar-refractivity contribution in [2.24, 2.45) is 5.10 Å². The topological polar surface area (TPSA) is 72.0 Å². The Morgan fingerprint density at radius 1 is 1.16 bits per heavy atom. The molecule has 0 saturated carbocycles. The van der Waals surface area contributed by atoms with Crippen LogP contribution in [0.25, 0.3) is 0 Å². The molecule has 2 rings (SSSR count). The van der Waals surface area contributed by atoms with Gasteiger partial charge in [-0.1, -0.05) is 12.1 Å². The zero-order chi connectivity index (χ0) is 18.1. The average molecular weight is 357 g/mol. The van der Waals surface area contributed by atoms with Crippen LogP contribution in [0.1, 0.15) is 21.5 Å². The number of carbonyl (C=O) groups excluding carboxylic acids is 1. The smallest absolute Gasteiger partial charge is 0.337 e. The number of hydrogen-bond acceptors (Lipinski definition) is 5. The summed E-state index contributed by atoms with van der Waals surface area (Å²) in [6.07, 6.45) is 1.67. The summed E-state index contributed by atoms with van der Waals surface area (Å²) in [5.74, 6) is 0.391. The lowest BCUT2D eigenvalue weighted by molar-refractivity contribution is 0.0600. The summed E-state index contributed by atoms with van der Waals surface area (Å²) >= 11 is 4.92. The molecule has 0 saturated heterocycles. The fourth-order valence-corrected chi connectivity index (χ4v) is 1.95. The summed E-state index contributed by atoms with van der Waals surface area (Å²) in [5.41, 5.74) is 5.08. The Kier molecular flexibility index (Phi) is 6.91. The van der Waals surface area contributed by atoms with Crippen molar-refractivity contribution in [2.75, 3.05) is 14.2 Å². The Morgan fingerprint density at radius 3 is 2.44 bits per heavy atom. The van der Waals surface area contributed by atoms with Crippen molar-refractivity contribution in [3.8, 4) is 5.75 Å². The summed E-state index contributed by atoms with van der Waals surface area (Å²) in [6.45, 7) is 0.410. The Balaban J connectivity index is 1.87. The third-order valence-corrected chi connectivity index (χ3v) is 3.56. The molecule has 0 amide bonds. The summed E-state index contributed by atoms with van der Waals surface area (Å²) in [5, 5.41) is 7.23. The van der Waals surface area contributed by atoms with Crippen molar-refractivity contribution in [3.05, 3.63) is 65.2 Å². The number of esters is 1. The van der Waals surface area contributed by atoms with Gasteiger partial charge in [-0.3, -0.25) is 5.43 Å². The number of nitrogens with zero attached hydrogens (tertiary/aromatic N) is 1. The van der Waals surface area contributed by atoms with Gasteiger partial charge in [0.05, 0.1) is 18.9 Å². The maximum atomic E-state index is 11.4. The molecule has 0 aliphatic carbocycles. The van der Waals surface area contributed by atoms with Crippen LogP contribution in [-0.2, 0) is 11.3 Å². The first-order chi connectivity index (χ1) is 12.1. The first-order valence-corrected chi connectivity index (χ1v) is 7.94. The third kappa shape index (κ3) is 5.89. The predicted octanol–water partition coefficient (Wildman–Crippen LogP) is 2.48. The van der Waals surface area contributed by atoms with Crippen molar-refractivity contribution in [2.45, 2.75) is 6.61 Å². The molecule has 7 heteroatoms. The van der Waals surface area contributed by atoms with Crippen LogP contribution in [0.3, 0.4) is 0 Å². The molecule has 0 bridgehead atoms. The second kappa shape index (κ2) is 9.39. The molecule has 0 spiro atoms. The summed E-state index contributed by atoms with van der Waals surface area (Å²) < 4.78 is 10.4. The Morgan fingerprint density at radius 2 is 1.84 bits per heavy atom. The van der Waals surface area contributed by atoms with Crippen LogP contribution in [0.5, 0.6) is 5.75 Å². The van der Waals surface area contributed by atoms with Crippen molar-refractivity contribution in [3.63, 3.8) is 0 Å². The highest BCUT2D eigenvalue weighted by Gasteiger charge is 2.04. The summed E-state index contributed by atoms with van der Waals surface area (Å²) in [6, 6.07) is 14.6. The van der Waals surface area contributed by atoms with Crippen molar-refractivity contribution in [1.29, 1.82) is 0 Å². The first-order valence-electron chi connectivity index (χ1n) is 7.53. The van der Waals surface area contributed by atoms with Gasteiger partial charge in [0.15, 0.2) is 5.11 Å². The van der Waals surface area contributed by atoms with E-state index >= 15 is 0 Å². The molecule has 0 aromatic heterocycles. The molecule has 0 atom stereocenters. The molecule has 0 fully saturated rings. The Labute approximate surface area is 151 Å². The second-order valence-corrected chi connectivity index (χ2v) is 5.40. The minimum atomic E-state index is -0.352. The predicted molar refractivity (Wildman–Crippen MR) is 101 cm³/mol. The van der Waals surface area contributed by atoms with Crippen LogP contribution >= 0.6 is 12.2 Å². The molecule has 0 unspecified atom stereocenters. The van der Waals surface area contributed by atoms with E-state index < -0.39 is 0 Å². The van der Waals surface area contributed by atoms with Crippen LogP contribution in [0, 0.1) is 0 Å². The molecular formula is C18H19N3O3S. The Hall–Kier alpha value is -2.93. The number of carbonyl (C=O) groups is 1. The van der Waals surface area contributed by atoms with Gasteiger partial charge in [0.2, 0.25) is 0 Å². The fraction of sp³-hybridized carbons (Fsp3) is 0.167. The van der Waals surface area contributed by atoms with Crippen LogP contribution < -0.4 is 15.5 Å². The highest BCUT2D eigenvalue weighted by Crippen LogP contribution is 2.14.